The molecule has 0 atom stereocenters. The quantitative estimate of drug-likeness (QED) is 0.198. The van der Waals surface area contributed by atoms with E-state index in [-0.39, 0.29) is 0 Å². The first-order valence-electron chi connectivity index (χ1n) is 15.7. The second-order valence-corrected chi connectivity index (χ2v) is 12.0. The first kappa shape index (κ1) is 24.8. The van der Waals surface area contributed by atoms with Gasteiger partial charge in [-0.3, -0.25) is 8.97 Å². The van der Waals surface area contributed by atoms with Gasteiger partial charge in [0.1, 0.15) is 16.8 Å². The van der Waals surface area contributed by atoms with Gasteiger partial charge in [0.2, 0.25) is 5.95 Å². The molecule has 0 fully saturated rings. The molecule has 5 aromatic heterocycles. The minimum atomic E-state index is 0.626. The molecule has 0 N–H and O–H groups in total. The third kappa shape index (κ3) is 3.26. The second-order valence-electron chi connectivity index (χ2n) is 12.0. The average molecular weight is 602 g/mol. The van der Waals surface area contributed by atoms with Crippen molar-refractivity contribution in [3.8, 4) is 17.2 Å². The number of imidazole rings is 1. The smallest absolute Gasteiger partial charge is 0.235 e. The lowest BCUT2D eigenvalue weighted by Crippen LogP contribution is -2.04. The minimum Gasteiger partial charge on any atom is -0.456 e. The van der Waals surface area contributed by atoms with E-state index in [1.807, 2.05) is 36.4 Å². The molecule has 0 spiro atoms. The lowest BCUT2D eigenvalue weighted by Gasteiger charge is -2.13. The monoisotopic (exact) mass is 601 g/mol. The van der Waals surface area contributed by atoms with Gasteiger partial charge in [0.15, 0.2) is 0 Å². The highest BCUT2D eigenvalue weighted by Gasteiger charge is 2.25. The van der Waals surface area contributed by atoms with Crippen LogP contribution in [-0.4, -0.2) is 23.9 Å². The fourth-order valence-corrected chi connectivity index (χ4v) is 7.54. The van der Waals surface area contributed by atoms with Gasteiger partial charge in [0, 0.05) is 32.5 Å². The second kappa shape index (κ2) is 9.02. The van der Waals surface area contributed by atoms with E-state index < -0.39 is 0 Å². The average Bonchev–Trinajstić information content (AvgIpc) is 3.81. The van der Waals surface area contributed by atoms with Gasteiger partial charge < -0.3 is 4.42 Å². The van der Waals surface area contributed by atoms with Crippen LogP contribution in [0.25, 0.3) is 99.4 Å². The highest BCUT2D eigenvalue weighted by atomic mass is 16.3. The number of rotatable bonds is 2. The Morgan fingerprint density at radius 1 is 0.447 bits per heavy atom. The first-order valence-corrected chi connectivity index (χ1v) is 15.7. The van der Waals surface area contributed by atoms with E-state index in [0.29, 0.717) is 5.95 Å². The summed E-state index contributed by atoms with van der Waals surface area (Å²) in [5.74, 6) is 0.626. The third-order valence-electron chi connectivity index (χ3n) is 9.49. The summed E-state index contributed by atoms with van der Waals surface area (Å²) in [7, 11) is 0. The van der Waals surface area contributed by atoms with Crippen molar-refractivity contribution >= 4 is 82.2 Å². The van der Waals surface area contributed by atoms with Crippen LogP contribution >= 0.6 is 0 Å². The minimum absolute atomic E-state index is 0.626. The van der Waals surface area contributed by atoms with Crippen LogP contribution in [0.15, 0.2) is 144 Å². The molecule has 0 unspecified atom stereocenters. The van der Waals surface area contributed by atoms with Gasteiger partial charge in [-0.15, -0.1) is 0 Å². The van der Waals surface area contributed by atoms with E-state index in [1.54, 1.807) is 0 Å². The molecule has 6 nitrogen and oxygen atoms in total. The predicted molar refractivity (Wildman–Crippen MR) is 190 cm³/mol. The number of furan rings is 1. The zero-order valence-corrected chi connectivity index (χ0v) is 24.9. The van der Waals surface area contributed by atoms with Gasteiger partial charge >= 0.3 is 0 Å². The summed E-state index contributed by atoms with van der Waals surface area (Å²) in [6.45, 7) is 0. The molecule has 0 radical (unpaired) electrons. The molecule has 0 saturated heterocycles. The number of pyridine rings is 1. The molecular formula is C41H23N5O. The van der Waals surface area contributed by atoms with Crippen LogP contribution < -0.4 is 0 Å². The summed E-state index contributed by atoms with van der Waals surface area (Å²) in [5, 5.41) is 6.40. The Morgan fingerprint density at radius 3 is 2.02 bits per heavy atom. The van der Waals surface area contributed by atoms with Crippen molar-refractivity contribution in [3.63, 3.8) is 0 Å². The molecule has 6 aromatic carbocycles. The molecule has 0 aliphatic rings. The van der Waals surface area contributed by atoms with E-state index in [4.69, 9.17) is 19.4 Å². The van der Waals surface area contributed by atoms with Crippen LogP contribution in [0.1, 0.15) is 0 Å². The normalized spacial score (nSPS) is 12.3. The standard InChI is InChI=1S/C41H23N5O/c1-2-12-24(13-3-1)36-27-16-6-9-19-30(27)43-41(44-36)45-32-20-10-7-17-28(32)38-37(45)25-14-4-5-15-26(25)40-42-31-22-23-34-35(39(31)46(38)40)29-18-8-11-21-33(29)47-34/h1-23H. The molecule has 0 saturated carbocycles. The first-order chi connectivity index (χ1) is 23.3. The molecule has 0 bridgehead atoms. The van der Waals surface area contributed by atoms with Crippen LogP contribution in [0.2, 0.25) is 0 Å². The highest BCUT2D eigenvalue weighted by Crippen LogP contribution is 2.42. The number of para-hydroxylation sites is 3. The van der Waals surface area contributed by atoms with Crippen molar-refractivity contribution in [2.24, 2.45) is 0 Å². The maximum atomic E-state index is 6.37. The zero-order valence-electron chi connectivity index (χ0n) is 24.9. The Bertz CT molecular complexity index is 3080. The topological polar surface area (TPSA) is 61.2 Å². The van der Waals surface area contributed by atoms with Crippen LogP contribution in [-0.2, 0) is 0 Å². The molecule has 218 valence electrons. The number of fused-ring (bicyclic) bond motifs is 15. The largest absolute Gasteiger partial charge is 0.456 e. The van der Waals surface area contributed by atoms with Gasteiger partial charge in [0.05, 0.1) is 44.2 Å². The van der Waals surface area contributed by atoms with Crippen molar-refractivity contribution < 1.29 is 4.42 Å². The van der Waals surface area contributed by atoms with Crippen molar-refractivity contribution in [3.05, 3.63) is 140 Å². The Hall–Kier alpha value is -6.53. The molecule has 0 amide bonds. The van der Waals surface area contributed by atoms with Gasteiger partial charge in [0.25, 0.3) is 0 Å². The maximum Gasteiger partial charge on any atom is 0.235 e. The van der Waals surface area contributed by atoms with E-state index in [0.717, 1.165) is 93.5 Å². The van der Waals surface area contributed by atoms with Gasteiger partial charge in [-0.25, -0.2) is 15.0 Å². The fourth-order valence-electron chi connectivity index (χ4n) is 7.54. The van der Waals surface area contributed by atoms with E-state index in [1.165, 1.54) is 0 Å². The molecule has 11 rings (SSSR count). The Labute approximate surface area is 266 Å². The maximum absolute atomic E-state index is 6.37. The number of benzene rings is 6. The van der Waals surface area contributed by atoms with Crippen molar-refractivity contribution in [2.75, 3.05) is 0 Å². The molecule has 0 aliphatic carbocycles. The highest BCUT2D eigenvalue weighted by molar-refractivity contribution is 6.25. The summed E-state index contributed by atoms with van der Waals surface area (Å²) < 4.78 is 11.0. The van der Waals surface area contributed by atoms with Gasteiger partial charge in [-0.1, -0.05) is 109 Å². The van der Waals surface area contributed by atoms with Crippen LogP contribution in [0.5, 0.6) is 0 Å². The van der Waals surface area contributed by atoms with Crippen LogP contribution in [0, 0.1) is 0 Å². The van der Waals surface area contributed by atoms with Crippen LogP contribution in [0.3, 0.4) is 0 Å². The van der Waals surface area contributed by atoms with Crippen LogP contribution in [0.4, 0.5) is 0 Å². The SMILES string of the molecule is c1ccc(-c2nc(-n3c4ccccc4c4c3c3ccccc3c3nc5ccc6oc7ccccc7c6c5n34)nc3ccccc23)cc1. The Morgan fingerprint density at radius 2 is 1.15 bits per heavy atom. The van der Waals surface area contributed by atoms with E-state index in [9.17, 15) is 0 Å². The summed E-state index contributed by atoms with van der Waals surface area (Å²) in [5.41, 5.74) is 10.6. The van der Waals surface area contributed by atoms with Crippen molar-refractivity contribution in [1.82, 2.24) is 23.9 Å². The van der Waals surface area contributed by atoms with Gasteiger partial charge in [-0.05, 0) is 30.3 Å². The number of nitrogens with zero attached hydrogens (tertiary/aromatic N) is 5. The van der Waals surface area contributed by atoms with E-state index >= 15 is 0 Å². The number of hydrogen-bond donors (Lipinski definition) is 0. The van der Waals surface area contributed by atoms with Crippen molar-refractivity contribution in [2.45, 2.75) is 0 Å². The fraction of sp³-hybridized carbons (Fsp3) is 0. The summed E-state index contributed by atoms with van der Waals surface area (Å²) in [6, 6.07) is 48.1. The molecule has 11 aromatic rings. The lowest BCUT2D eigenvalue weighted by molar-refractivity contribution is 0.669. The summed E-state index contributed by atoms with van der Waals surface area (Å²) >= 11 is 0. The Kier molecular flexibility index (Phi) is 4.75. The number of aromatic nitrogens is 5. The van der Waals surface area contributed by atoms with Crippen molar-refractivity contribution in [1.29, 1.82) is 0 Å². The van der Waals surface area contributed by atoms with Gasteiger partial charge in [-0.2, -0.15) is 0 Å². The molecule has 6 heteroatoms. The van der Waals surface area contributed by atoms with E-state index in [2.05, 4.69) is 112 Å². The third-order valence-corrected chi connectivity index (χ3v) is 9.49. The molecule has 47 heavy (non-hydrogen) atoms. The molecule has 0 aliphatic heterocycles. The Balaban J connectivity index is 1.40. The zero-order chi connectivity index (χ0) is 30.6. The number of hydrogen-bond acceptors (Lipinski definition) is 4. The predicted octanol–water partition coefficient (Wildman–Crippen LogP) is 10.2. The molecular weight excluding hydrogens is 578 g/mol. The molecule has 5 heterocycles. The summed E-state index contributed by atoms with van der Waals surface area (Å²) in [4.78, 5) is 15.9. The summed E-state index contributed by atoms with van der Waals surface area (Å²) in [6.07, 6.45) is 0. The lowest BCUT2D eigenvalue weighted by atomic mass is 10.1.